The number of rotatable bonds is 34. The van der Waals surface area contributed by atoms with E-state index in [1.165, 1.54) is 44.7 Å². The molecule has 1 aliphatic rings. The number of aromatic nitrogens is 2. The first-order chi connectivity index (χ1) is 45.2. The van der Waals surface area contributed by atoms with Gasteiger partial charge in [-0.1, -0.05) is 105 Å². The van der Waals surface area contributed by atoms with Crippen LogP contribution in [0.25, 0.3) is 10.8 Å². The van der Waals surface area contributed by atoms with Crippen molar-refractivity contribution < 1.29 is 53.4 Å². The number of nitrogens with zero attached hydrogens (tertiary/aromatic N) is 4. The van der Waals surface area contributed by atoms with Gasteiger partial charge in [-0.2, -0.15) is 0 Å². The second-order valence-electron chi connectivity index (χ2n) is 24.2. The van der Waals surface area contributed by atoms with E-state index in [-0.39, 0.29) is 68.6 Å². The lowest BCUT2D eigenvalue weighted by atomic mass is 9.99. The number of aromatic hydroxyl groups is 1. The average Bonchev–Trinajstić information content (AvgIpc) is 0.881. The second-order valence-corrected chi connectivity index (χ2v) is 24.6. The summed E-state index contributed by atoms with van der Waals surface area (Å²) in [7, 11) is 1.29. The summed E-state index contributed by atoms with van der Waals surface area (Å²) in [5.41, 5.74) is 2.62. The van der Waals surface area contributed by atoms with Gasteiger partial charge in [0.2, 0.25) is 47.3 Å². The predicted octanol–water partition coefficient (Wildman–Crippen LogP) is 4.26. The molecule has 3 heterocycles. The number of aliphatic hydroxyl groups excluding tert-OH is 1. The lowest BCUT2D eigenvalue weighted by molar-refractivity contribution is -0.144. The van der Waals surface area contributed by atoms with E-state index < -0.39 is 90.3 Å². The maximum absolute atomic E-state index is 15.0. The number of hydrogen-bond acceptors (Lipinski definition) is 14. The third-order valence-corrected chi connectivity index (χ3v) is 16.5. The van der Waals surface area contributed by atoms with Gasteiger partial charge in [0.15, 0.2) is 0 Å². The fourth-order valence-corrected chi connectivity index (χ4v) is 11.3. The summed E-state index contributed by atoms with van der Waals surface area (Å²) in [6.07, 6.45) is 9.83. The van der Waals surface area contributed by atoms with Crippen LogP contribution in [-0.4, -0.2) is 172 Å². The Labute approximate surface area is 553 Å². The van der Waals surface area contributed by atoms with Crippen LogP contribution in [-0.2, 0) is 64.0 Å². The number of phenolic OH excluding ortho intramolecular Hbond substituents is 1. The van der Waals surface area contributed by atoms with Crippen molar-refractivity contribution in [3.63, 3.8) is 0 Å². The van der Waals surface area contributed by atoms with Crippen molar-refractivity contribution in [3.05, 3.63) is 173 Å². The van der Waals surface area contributed by atoms with Crippen LogP contribution in [0.4, 0.5) is 0 Å². The van der Waals surface area contributed by atoms with Crippen molar-refractivity contribution in [3.8, 4) is 5.75 Å². The number of benzene rings is 4. The van der Waals surface area contributed by atoms with E-state index in [1.54, 1.807) is 66.9 Å². The Kier molecular flexibility index (Phi) is 28.2. The molecule has 0 bridgehead atoms. The molecule has 7 rings (SSSR count). The number of pyridine rings is 2. The van der Waals surface area contributed by atoms with Crippen molar-refractivity contribution in [1.29, 1.82) is 0 Å². The van der Waals surface area contributed by atoms with Crippen molar-refractivity contribution in [2.75, 3.05) is 46.4 Å². The van der Waals surface area contributed by atoms with E-state index in [0.29, 0.717) is 53.2 Å². The highest BCUT2D eigenvalue weighted by Gasteiger charge is 2.37. The Bertz CT molecular complexity index is 3490. The number of carbonyl (C=O) groups is 9. The number of fused-ring (bicyclic) bond motifs is 1. The number of likely N-dealkylation sites (tertiary alicyclic amines) is 1. The molecule has 0 radical (unpaired) electrons. The summed E-state index contributed by atoms with van der Waals surface area (Å²) in [5.74, 6) is -6.25. The molecule has 4 aromatic carbocycles. The molecule has 23 nitrogen and oxygen atoms in total. The summed E-state index contributed by atoms with van der Waals surface area (Å²) in [5, 5.41) is 46.0. The van der Waals surface area contributed by atoms with Crippen LogP contribution >= 0.6 is 11.6 Å². The molecule has 1 fully saturated rings. The first kappa shape index (κ1) is 72.1. The molecule has 2 aromatic heterocycles. The molecule has 7 atom stereocenters. The molecule has 10 N–H and O–H groups in total. The minimum atomic E-state index is -1.75. The largest absolute Gasteiger partial charge is 0.508 e. The van der Waals surface area contributed by atoms with E-state index in [0.717, 1.165) is 53.6 Å². The van der Waals surface area contributed by atoms with Gasteiger partial charge < -0.3 is 62.5 Å². The van der Waals surface area contributed by atoms with Gasteiger partial charge in [0.25, 0.3) is 5.91 Å². The molecule has 9 amide bonds. The highest BCUT2D eigenvalue weighted by Crippen LogP contribution is 2.20. The number of likely N-dealkylation sites (N-methyl/N-ethyl adjacent to an activating group) is 1. The normalized spacial score (nSPS) is 14.5. The minimum absolute atomic E-state index is 0.0275. The second kappa shape index (κ2) is 36.8. The van der Waals surface area contributed by atoms with Crippen LogP contribution < -0.4 is 42.5 Å². The first-order valence-corrected chi connectivity index (χ1v) is 32.3. The van der Waals surface area contributed by atoms with Gasteiger partial charge in [0.1, 0.15) is 48.0 Å². The number of hydrogen-bond donors (Lipinski definition) is 10. The average molecular weight is 1310 g/mol. The number of amides is 9. The van der Waals surface area contributed by atoms with Crippen LogP contribution in [0.3, 0.4) is 0 Å². The molecular formula is C70H87ClN12O11. The molecule has 6 aromatic rings. The fraction of sp³-hybridized carbons (Fsp3) is 0.414. The van der Waals surface area contributed by atoms with Gasteiger partial charge >= 0.3 is 0 Å². The van der Waals surface area contributed by atoms with Crippen molar-refractivity contribution in [1.82, 2.24) is 62.3 Å². The SMILES string of the molecule is CC(=O)N[C@H](Cc1ccc2ccccc2c1)C(=O)N[C@H](Cc1ccc(Cl)cc1)C(=O)N[C@H](Cc1cccnc1)C(=O)N[C@@H](CO)C(=O)N(C)[C@@H](Cc1ccc(O)cc1)C(=O)N[C@H](CCCCNC(=O)c1cccnc1)C(=O)N[C@@H](CC(C)C)C(=O)NCCN1CCCCC1. The summed E-state index contributed by atoms with van der Waals surface area (Å²) < 4.78 is 0. The monoisotopic (exact) mass is 1310 g/mol. The Morgan fingerprint density at radius 1 is 0.553 bits per heavy atom. The van der Waals surface area contributed by atoms with Crippen LogP contribution in [0.2, 0.25) is 5.02 Å². The fourth-order valence-electron chi connectivity index (χ4n) is 11.2. The summed E-state index contributed by atoms with van der Waals surface area (Å²) in [6.45, 7) is 7.21. The number of aliphatic hydroxyl groups is 1. The number of carbonyl (C=O) groups excluding carboxylic acids is 9. The number of nitrogens with one attached hydrogen (secondary N) is 8. The van der Waals surface area contributed by atoms with E-state index in [4.69, 9.17) is 11.6 Å². The molecule has 500 valence electrons. The number of piperidine rings is 1. The van der Waals surface area contributed by atoms with Gasteiger partial charge in [-0.05, 0) is 133 Å². The number of unbranched alkanes of at least 4 members (excludes halogenated alkanes) is 1. The van der Waals surface area contributed by atoms with Crippen molar-refractivity contribution in [2.45, 2.75) is 134 Å². The zero-order chi connectivity index (χ0) is 67.5. The van der Waals surface area contributed by atoms with Gasteiger partial charge in [-0.3, -0.25) is 53.1 Å². The van der Waals surface area contributed by atoms with Crippen molar-refractivity contribution >= 4 is 75.5 Å². The Morgan fingerprint density at radius 3 is 1.74 bits per heavy atom. The van der Waals surface area contributed by atoms with E-state index in [1.807, 2.05) is 56.3 Å². The van der Waals surface area contributed by atoms with E-state index in [9.17, 15) is 48.6 Å². The molecule has 94 heavy (non-hydrogen) atoms. The lowest BCUT2D eigenvalue weighted by Crippen LogP contribution is -2.61. The zero-order valence-electron chi connectivity index (χ0n) is 53.7. The lowest BCUT2D eigenvalue weighted by Gasteiger charge is -2.32. The van der Waals surface area contributed by atoms with Crippen molar-refractivity contribution in [2.24, 2.45) is 5.92 Å². The van der Waals surface area contributed by atoms with Gasteiger partial charge in [0, 0.05) is 89.1 Å². The Balaban J connectivity index is 1.12. The molecular weight excluding hydrogens is 1220 g/mol. The van der Waals surface area contributed by atoms with Gasteiger partial charge in [0.05, 0.1) is 12.2 Å². The van der Waals surface area contributed by atoms with E-state index >= 15 is 4.79 Å². The van der Waals surface area contributed by atoms with Gasteiger partial charge in [-0.25, -0.2) is 0 Å². The smallest absolute Gasteiger partial charge is 0.252 e. The van der Waals surface area contributed by atoms with Crippen LogP contribution in [0.15, 0.2) is 140 Å². The highest BCUT2D eigenvalue weighted by molar-refractivity contribution is 6.30. The molecule has 1 saturated heterocycles. The molecule has 24 heteroatoms. The van der Waals surface area contributed by atoms with Crippen LogP contribution in [0.1, 0.15) is 98.3 Å². The molecule has 0 aliphatic carbocycles. The third kappa shape index (κ3) is 23.1. The molecule has 1 aliphatic heterocycles. The maximum atomic E-state index is 15.0. The maximum Gasteiger partial charge on any atom is 0.252 e. The molecule has 0 unspecified atom stereocenters. The predicted molar refractivity (Wildman–Crippen MR) is 357 cm³/mol. The summed E-state index contributed by atoms with van der Waals surface area (Å²) in [4.78, 5) is 139. The van der Waals surface area contributed by atoms with Crippen LogP contribution in [0, 0.1) is 5.92 Å². The number of halogens is 1. The number of phenols is 1. The minimum Gasteiger partial charge on any atom is -0.508 e. The molecule has 0 spiro atoms. The van der Waals surface area contributed by atoms with E-state index in [2.05, 4.69) is 57.4 Å². The highest BCUT2D eigenvalue weighted by atomic mass is 35.5. The van der Waals surface area contributed by atoms with Crippen LogP contribution in [0.5, 0.6) is 5.75 Å². The zero-order valence-corrected chi connectivity index (χ0v) is 54.4. The molecule has 0 saturated carbocycles. The first-order valence-electron chi connectivity index (χ1n) is 32.0. The topological polar surface area (TPSA) is 323 Å². The Hall–Kier alpha value is -9.32. The summed E-state index contributed by atoms with van der Waals surface area (Å²) in [6, 6.07) is 22.9. The standard InChI is InChI=1S/C70H87ClN12O11/c1-45(2)36-57(64(88)75-32-35-83-33-10-5-11-34-83)78-65(89)56(18-8-9-31-74-63(87)53-17-13-30-73-43-53)77-69(93)62(41-48-22-27-55(86)28-23-48)82(4)70(94)61(44-84)81-68(92)60(40-50-14-12-29-72-42-50)80-67(91)59(38-47-20-25-54(71)26-21-47)79-66(90)58(76-46(3)85)39-49-19-24-51-15-6-7-16-52(51)37-49/h6-7,12-17,19-30,37,42-43,45,56-62,84,86H,5,8-11,18,31-36,38-41,44H2,1-4H3,(H,74,87)(H,75,88)(H,76,85)(H,77,93)(H,78,89)(H,79,90)(H,80,91)(H,81,92)/t56-,57+,58-,59-,60-,61+,62+/m1/s1. The summed E-state index contributed by atoms with van der Waals surface area (Å²) >= 11 is 6.24. The quantitative estimate of drug-likeness (QED) is 0.0253. The Morgan fingerprint density at radius 2 is 1.12 bits per heavy atom. The van der Waals surface area contributed by atoms with Gasteiger partial charge in [-0.15, -0.1) is 0 Å². The third-order valence-electron chi connectivity index (χ3n) is 16.3.